The molecule has 1 aromatic carbocycles. The van der Waals surface area contributed by atoms with Crippen LogP contribution in [0.2, 0.25) is 0 Å². The van der Waals surface area contributed by atoms with E-state index >= 15 is 0 Å². The summed E-state index contributed by atoms with van der Waals surface area (Å²) in [4.78, 5) is 21.2. The zero-order valence-electron chi connectivity index (χ0n) is 9.92. The van der Waals surface area contributed by atoms with Crippen molar-refractivity contribution in [2.75, 3.05) is 11.9 Å². The minimum absolute atomic E-state index is 0.0481. The first-order valence-electron chi connectivity index (χ1n) is 5.74. The molecule has 1 aliphatic carbocycles. The average Bonchev–Trinajstić information content (AvgIpc) is 3.02. The van der Waals surface area contributed by atoms with Crippen molar-refractivity contribution in [2.45, 2.75) is 13.3 Å². The molecule has 1 aliphatic rings. The molecule has 2 rings (SSSR count). The fourth-order valence-electron chi connectivity index (χ4n) is 1.89. The van der Waals surface area contributed by atoms with Crippen LogP contribution in [0.1, 0.15) is 23.7 Å². The Kier molecular flexibility index (Phi) is 3.18. The molecule has 0 aliphatic heterocycles. The summed E-state index contributed by atoms with van der Waals surface area (Å²) in [6.07, 6.45) is 1.11. The summed E-state index contributed by atoms with van der Waals surface area (Å²) in [7, 11) is 0. The van der Waals surface area contributed by atoms with Gasteiger partial charge in [0.1, 0.15) is 5.69 Å². The fraction of sp³-hybridized carbons (Fsp3) is 0.417. The van der Waals surface area contributed by atoms with Gasteiger partial charge in [0, 0.05) is 12.6 Å². The van der Waals surface area contributed by atoms with Crippen molar-refractivity contribution in [1.29, 1.82) is 0 Å². The van der Waals surface area contributed by atoms with Crippen LogP contribution in [0.15, 0.2) is 18.2 Å². The molecule has 0 saturated heterocycles. The number of benzene rings is 1. The summed E-state index contributed by atoms with van der Waals surface area (Å²) >= 11 is 0. The average molecular weight is 250 g/mol. The van der Waals surface area contributed by atoms with Crippen molar-refractivity contribution in [3.63, 3.8) is 0 Å². The first kappa shape index (κ1) is 12.3. The predicted octanol–water partition coefficient (Wildman–Crippen LogP) is 2.36. The molecule has 1 aromatic rings. The van der Waals surface area contributed by atoms with E-state index in [0.717, 1.165) is 6.42 Å². The molecule has 2 unspecified atom stereocenters. The van der Waals surface area contributed by atoms with Crippen LogP contribution in [-0.4, -0.2) is 22.5 Å². The third-order valence-electron chi connectivity index (χ3n) is 3.27. The normalized spacial score (nSPS) is 21.4. The highest BCUT2D eigenvalue weighted by atomic mass is 16.6. The summed E-state index contributed by atoms with van der Waals surface area (Å²) in [5, 5.41) is 22.7. The SMILES string of the molecule is CC1CC1CNc1cc(C(=O)O)ccc1[N+](=O)[O-]. The number of anilines is 1. The molecule has 0 bridgehead atoms. The van der Waals surface area contributed by atoms with Crippen LogP contribution in [0.5, 0.6) is 0 Å². The van der Waals surface area contributed by atoms with Crippen molar-refractivity contribution in [2.24, 2.45) is 11.8 Å². The van der Waals surface area contributed by atoms with E-state index in [0.29, 0.717) is 18.4 Å². The van der Waals surface area contributed by atoms with Crippen LogP contribution >= 0.6 is 0 Å². The van der Waals surface area contributed by atoms with E-state index in [2.05, 4.69) is 12.2 Å². The van der Waals surface area contributed by atoms with Crippen LogP contribution in [0.4, 0.5) is 11.4 Å². The van der Waals surface area contributed by atoms with Gasteiger partial charge >= 0.3 is 5.97 Å². The number of hydrogen-bond acceptors (Lipinski definition) is 4. The molecule has 0 aromatic heterocycles. The van der Waals surface area contributed by atoms with Gasteiger partial charge in [0.2, 0.25) is 0 Å². The number of carboxylic acid groups (broad SMARTS) is 1. The van der Waals surface area contributed by atoms with Crippen LogP contribution < -0.4 is 5.32 Å². The van der Waals surface area contributed by atoms with Crippen LogP contribution in [0, 0.1) is 22.0 Å². The Morgan fingerprint density at radius 1 is 1.61 bits per heavy atom. The van der Waals surface area contributed by atoms with Gasteiger partial charge in [-0.05, 0) is 30.4 Å². The predicted molar refractivity (Wildman–Crippen MR) is 65.8 cm³/mol. The number of nitro groups is 1. The number of carboxylic acids is 1. The van der Waals surface area contributed by atoms with Crippen molar-refractivity contribution in [3.8, 4) is 0 Å². The monoisotopic (exact) mass is 250 g/mol. The van der Waals surface area contributed by atoms with Gasteiger partial charge in [-0.2, -0.15) is 0 Å². The Balaban J connectivity index is 2.19. The number of nitro benzene ring substituents is 1. The molecule has 1 fully saturated rings. The van der Waals surface area contributed by atoms with E-state index in [1.165, 1.54) is 18.2 Å². The molecular formula is C12H14N2O4. The van der Waals surface area contributed by atoms with Crippen LogP contribution in [0.25, 0.3) is 0 Å². The first-order valence-corrected chi connectivity index (χ1v) is 5.74. The lowest BCUT2D eigenvalue weighted by atomic mass is 10.1. The highest BCUT2D eigenvalue weighted by molar-refractivity contribution is 5.90. The summed E-state index contributed by atoms with van der Waals surface area (Å²) < 4.78 is 0. The number of hydrogen-bond donors (Lipinski definition) is 2. The van der Waals surface area contributed by atoms with Gasteiger partial charge in [0.25, 0.3) is 5.69 Å². The summed E-state index contributed by atoms with van der Waals surface area (Å²) in [6.45, 7) is 2.76. The Hall–Kier alpha value is -2.11. The van der Waals surface area contributed by atoms with Crippen molar-refractivity contribution < 1.29 is 14.8 Å². The lowest BCUT2D eigenvalue weighted by Gasteiger charge is -2.07. The lowest BCUT2D eigenvalue weighted by Crippen LogP contribution is -2.08. The largest absolute Gasteiger partial charge is 0.478 e. The Morgan fingerprint density at radius 3 is 2.78 bits per heavy atom. The Bertz CT molecular complexity index is 501. The summed E-state index contributed by atoms with van der Waals surface area (Å²) in [5.41, 5.74) is 0.235. The maximum Gasteiger partial charge on any atom is 0.335 e. The molecule has 2 atom stereocenters. The van der Waals surface area contributed by atoms with Crippen molar-refractivity contribution >= 4 is 17.3 Å². The quantitative estimate of drug-likeness (QED) is 0.618. The molecule has 6 heteroatoms. The zero-order chi connectivity index (χ0) is 13.3. The summed E-state index contributed by atoms with van der Waals surface area (Å²) in [6, 6.07) is 3.78. The first-order chi connectivity index (χ1) is 8.49. The smallest absolute Gasteiger partial charge is 0.335 e. The van der Waals surface area contributed by atoms with Crippen LogP contribution in [0.3, 0.4) is 0 Å². The molecule has 0 amide bonds. The van der Waals surface area contributed by atoms with E-state index in [-0.39, 0.29) is 16.9 Å². The minimum atomic E-state index is -1.09. The Labute approximate surface area is 104 Å². The molecule has 18 heavy (non-hydrogen) atoms. The lowest BCUT2D eigenvalue weighted by molar-refractivity contribution is -0.384. The number of carbonyl (C=O) groups is 1. The van der Waals surface area contributed by atoms with E-state index < -0.39 is 10.9 Å². The molecule has 0 radical (unpaired) electrons. The van der Waals surface area contributed by atoms with E-state index in [4.69, 9.17) is 5.11 Å². The molecule has 1 saturated carbocycles. The van der Waals surface area contributed by atoms with Gasteiger partial charge in [-0.15, -0.1) is 0 Å². The van der Waals surface area contributed by atoms with E-state index in [1.807, 2.05) is 0 Å². The van der Waals surface area contributed by atoms with Gasteiger partial charge in [-0.3, -0.25) is 10.1 Å². The van der Waals surface area contributed by atoms with Crippen molar-refractivity contribution in [1.82, 2.24) is 0 Å². The second kappa shape index (κ2) is 4.64. The highest BCUT2D eigenvalue weighted by Crippen LogP contribution is 2.38. The maximum absolute atomic E-state index is 10.8. The van der Waals surface area contributed by atoms with Gasteiger partial charge < -0.3 is 10.4 Å². The second-order valence-electron chi connectivity index (χ2n) is 4.65. The fourth-order valence-corrected chi connectivity index (χ4v) is 1.89. The van der Waals surface area contributed by atoms with Crippen LogP contribution in [-0.2, 0) is 0 Å². The van der Waals surface area contributed by atoms with Gasteiger partial charge in [0.05, 0.1) is 10.5 Å². The number of aromatic carboxylic acids is 1. The molecule has 6 nitrogen and oxygen atoms in total. The number of nitrogens with zero attached hydrogens (tertiary/aromatic N) is 1. The maximum atomic E-state index is 10.8. The molecule has 2 N–H and O–H groups in total. The minimum Gasteiger partial charge on any atom is -0.478 e. The second-order valence-corrected chi connectivity index (χ2v) is 4.65. The highest BCUT2D eigenvalue weighted by Gasteiger charge is 2.32. The van der Waals surface area contributed by atoms with Gasteiger partial charge in [0.15, 0.2) is 0 Å². The van der Waals surface area contributed by atoms with E-state index in [9.17, 15) is 14.9 Å². The molecule has 96 valence electrons. The number of nitrogens with one attached hydrogen (secondary N) is 1. The van der Waals surface area contributed by atoms with Gasteiger partial charge in [-0.1, -0.05) is 6.92 Å². The van der Waals surface area contributed by atoms with E-state index in [1.54, 1.807) is 0 Å². The summed E-state index contributed by atoms with van der Waals surface area (Å²) in [5.74, 6) is 0.0741. The molecular weight excluding hydrogens is 236 g/mol. The Morgan fingerprint density at radius 2 is 2.28 bits per heavy atom. The standard InChI is InChI=1S/C12H14N2O4/c1-7-4-9(7)6-13-10-5-8(12(15)16)2-3-11(10)14(17)18/h2-3,5,7,9,13H,4,6H2,1H3,(H,15,16). The number of rotatable bonds is 5. The third-order valence-corrected chi connectivity index (χ3v) is 3.27. The molecule has 0 spiro atoms. The third kappa shape index (κ3) is 2.58. The van der Waals surface area contributed by atoms with Gasteiger partial charge in [-0.25, -0.2) is 4.79 Å². The topological polar surface area (TPSA) is 92.5 Å². The van der Waals surface area contributed by atoms with Crippen molar-refractivity contribution in [3.05, 3.63) is 33.9 Å². The molecule has 0 heterocycles. The zero-order valence-corrected chi connectivity index (χ0v) is 9.92.